The van der Waals surface area contributed by atoms with E-state index in [1.807, 2.05) is 26.0 Å². The van der Waals surface area contributed by atoms with Crippen LogP contribution in [0, 0.1) is 0 Å². The van der Waals surface area contributed by atoms with Gasteiger partial charge in [0, 0.05) is 30.8 Å². The molecule has 1 heterocycles. The summed E-state index contributed by atoms with van der Waals surface area (Å²) in [6.45, 7) is 3.78. The first-order chi connectivity index (χ1) is 6.63. The third-order valence-electron chi connectivity index (χ3n) is 2.14. The fourth-order valence-electron chi connectivity index (χ4n) is 1.20. The van der Waals surface area contributed by atoms with E-state index in [1.54, 1.807) is 6.20 Å². The minimum absolute atomic E-state index is 0.00604. The molecular weight excluding hydrogens is 176 g/mol. The first kappa shape index (κ1) is 10.9. The average molecular weight is 192 g/mol. The molecular formula is C11H16N2O. The lowest BCUT2D eigenvalue weighted by atomic mass is 10.1. The van der Waals surface area contributed by atoms with Crippen LogP contribution in [0.25, 0.3) is 0 Å². The highest BCUT2D eigenvalue weighted by Gasteiger charge is 2.04. The van der Waals surface area contributed by atoms with Crippen LogP contribution in [0.15, 0.2) is 18.3 Å². The second kappa shape index (κ2) is 4.86. The molecule has 0 radical (unpaired) electrons. The summed E-state index contributed by atoms with van der Waals surface area (Å²) in [6, 6.07) is 3.77. The predicted molar refractivity (Wildman–Crippen MR) is 55.8 cm³/mol. The fraction of sp³-hybridized carbons (Fsp3) is 0.455. The Morgan fingerprint density at radius 2 is 2.36 bits per heavy atom. The lowest BCUT2D eigenvalue weighted by molar-refractivity contribution is -0.118. The van der Waals surface area contributed by atoms with Crippen LogP contribution >= 0.6 is 0 Å². The molecule has 0 fully saturated rings. The van der Waals surface area contributed by atoms with Crippen molar-refractivity contribution in [3.8, 4) is 0 Å². The molecule has 0 aromatic carbocycles. The van der Waals surface area contributed by atoms with Crippen LogP contribution in [0.3, 0.4) is 0 Å². The lowest BCUT2D eigenvalue weighted by Gasteiger charge is -2.06. The molecule has 0 amide bonds. The Morgan fingerprint density at radius 3 is 2.93 bits per heavy atom. The van der Waals surface area contributed by atoms with Crippen LogP contribution in [0.5, 0.6) is 0 Å². The summed E-state index contributed by atoms with van der Waals surface area (Å²) in [7, 11) is 0. The van der Waals surface area contributed by atoms with E-state index in [0.29, 0.717) is 12.8 Å². The van der Waals surface area contributed by atoms with E-state index in [4.69, 9.17) is 5.73 Å². The summed E-state index contributed by atoms with van der Waals surface area (Å²) in [5, 5.41) is 0. The summed E-state index contributed by atoms with van der Waals surface area (Å²) in [5.41, 5.74) is 7.57. The molecule has 1 aromatic heterocycles. The van der Waals surface area contributed by atoms with Crippen LogP contribution < -0.4 is 5.73 Å². The van der Waals surface area contributed by atoms with Crippen molar-refractivity contribution in [3.63, 3.8) is 0 Å². The minimum atomic E-state index is -0.00604. The highest BCUT2D eigenvalue weighted by atomic mass is 16.1. The Labute approximate surface area is 84.3 Å². The second-order valence-electron chi connectivity index (χ2n) is 3.44. The lowest BCUT2D eigenvalue weighted by Crippen LogP contribution is -2.08. The summed E-state index contributed by atoms with van der Waals surface area (Å²) in [6.07, 6.45) is 2.68. The molecule has 3 heteroatoms. The van der Waals surface area contributed by atoms with E-state index in [-0.39, 0.29) is 11.8 Å². The molecule has 0 spiro atoms. The minimum Gasteiger partial charge on any atom is -0.324 e. The topological polar surface area (TPSA) is 56.0 Å². The van der Waals surface area contributed by atoms with E-state index >= 15 is 0 Å². The van der Waals surface area contributed by atoms with Crippen molar-refractivity contribution in [1.29, 1.82) is 0 Å². The maximum Gasteiger partial charge on any atom is 0.138 e. The van der Waals surface area contributed by atoms with Gasteiger partial charge in [-0.25, -0.2) is 0 Å². The van der Waals surface area contributed by atoms with Crippen molar-refractivity contribution < 1.29 is 4.79 Å². The van der Waals surface area contributed by atoms with Crippen molar-refractivity contribution in [2.24, 2.45) is 5.73 Å². The van der Waals surface area contributed by atoms with Crippen molar-refractivity contribution in [2.45, 2.75) is 32.7 Å². The van der Waals surface area contributed by atoms with Gasteiger partial charge in [0.25, 0.3) is 0 Å². The summed E-state index contributed by atoms with van der Waals surface area (Å²) >= 11 is 0. The van der Waals surface area contributed by atoms with Crippen molar-refractivity contribution in [2.75, 3.05) is 0 Å². The maximum atomic E-state index is 11.2. The molecule has 0 saturated heterocycles. The molecule has 0 aliphatic heterocycles. The van der Waals surface area contributed by atoms with E-state index in [9.17, 15) is 4.79 Å². The van der Waals surface area contributed by atoms with Crippen LogP contribution in [0.4, 0.5) is 0 Å². The fourth-order valence-corrected chi connectivity index (χ4v) is 1.20. The number of rotatable bonds is 4. The largest absolute Gasteiger partial charge is 0.324 e. The Balaban J connectivity index is 2.78. The summed E-state index contributed by atoms with van der Waals surface area (Å²) < 4.78 is 0. The smallest absolute Gasteiger partial charge is 0.138 e. The quantitative estimate of drug-likeness (QED) is 0.788. The van der Waals surface area contributed by atoms with Gasteiger partial charge in [-0.3, -0.25) is 9.78 Å². The normalized spacial score (nSPS) is 12.5. The van der Waals surface area contributed by atoms with Crippen molar-refractivity contribution >= 4 is 5.78 Å². The average Bonchev–Trinajstić information content (AvgIpc) is 2.18. The van der Waals surface area contributed by atoms with E-state index in [2.05, 4.69) is 4.98 Å². The first-order valence-electron chi connectivity index (χ1n) is 4.85. The highest BCUT2D eigenvalue weighted by molar-refractivity contribution is 5.80. The Hall–Kier alpha value is -1.22. The molecule has 0 bridgehead atoms. The number of hydrogen-bond acceptors (Lipinski definition) is 3. The van der Waals surface area contributed by atoms with Crippen LogP contribution in [-0.2, 0) is 11.2 Å². The van der Waals surface area contributed by atoms with Crippen LogP contribution in [-0.4, -0.2) is 10.8 Å². The number of nitrogens with zero attached hydrogens (tertiary/aromatic N) is 1. The molecule has 0 aliphatic rings. The summed E-state index contributed by atoms with van der Waals surface area (Å²) in [4.78, 5) is 15.3. The number of pyridine rings is 1. The van der Waals surface area contributed by atoms with Gasteiger partial charge in [0.1, 0.15) is 5.78 Å². The van der Waals surface area contributed by atoms with E-state index < -0.39 is 0 Å². The zero-order chi connectivity index (χ0) is 10.6. The molecule has 76 valence electrons. The summed E-state index contributed by atoms with van der Waals surface area (Å²) in [5.74, 6) is 0.208. The SMILES string of the molecule is CCC(=O)Cc1cc(C(C)N)ccn1. The van der Waals surface area contributed by atoms with Gasteiger partial charge in [0.2, 0.25) is 0 Å². The van der Waals surface area contributed by atoms with Crippen molar-refractivity contribution in [1.82, 2.24) is 4.98 Å². The Morgan fingerprint density at radius 1 is 1.64 bits per heavy atom. The Kier molecular flexibility index (Phi) is 3.77. The maximum absolute atomic E-state index is 11.2. The number of hydrogen-bond donors (Lipinski definition) is 1. The molecule has 3 nitrogen and oxygen atoms in total. The standard InChI is InChI=1S/C11H16N2O/c1-3-11(14)7-10-6-9(8(2)12)4-5-13-10/h4-6,8H,3,7,12H2,1-2H3. The van der Waals surface area contributed by atoms with Gasteiger partial charge in [-0.05, 0) is 24.6 Å². The monoisotopic (exact) mass is 192 g/mol. The molecule has 1 aromatic rings. The van der Waals surface area contributed by atoms with Gasteiger partial charge >= 0.3 is 0 Å². The van der Waals surface area contributed by atoms with Gasteiger partial charge < -0.3 is 5.73 Å². The van der Waals surface area contributed by atoms with Gasteiger partial charge in [-0.2, -0.15) is 0 Å². The zero-order valence-electron chi connectivity index (χ0n) is 8.66. The molecule has 1 atom stereocenters. The van der Waals surface area contributed by atoms with Crippen molar-refractivity contribution in [3.05, 3.63) is 29.6 Å². The third-order valence-corrected chi connectivity index (χ3v) is 2.14. The highest BCUT2D eigenvalue weighted by Crippen LogP contribution is 2.10. The Bertz CT molecular complexity index is 321. The van der Waals surface area contributed by atoms with Crippen LogP contribution in [0.2, 0.25) is 0 Å². The van der Waals surface area contributed by atoms with Gasteiger partial charge in [-0.1, -0.05) is 6.92 Å². The van der Waals surface area contributed by atoms with Gasteiger partial charge in [0.05, 0.1) is 0 Å². The van der Waals surface area contributed by atoms with Gasteiger partial charge in [0.15, 0.2) is 0 Å². The molecule has 0 aliphatic carbocycles. The number of nitrogens with two attached hydrogens (primary N) is 1. The number of Topliss-reactive ketones (excluding diaryl/α,β-unsaturated/α-hetero) is 1. The molecule has 1 rings (SSSR count). The molecule has 0 saturated carbocycles. The van der Waals surface area contributed by atoms with Gasteiger partial charge in [-0.15, -0.1) is 0 Å². The zero-order valence-corrected chi connectivity index (χ0v) is 8.66. The predicted octanol–water partition coefficient (Wildman–Crippen LogP) is 1.62. The number of carbonyl (C=O) groups is 1. The molecule has 14 heavy (non-hydrogen) atoms. The third kappa shape index (κ3) is 2.92. The number of aromatic nitrogens is 1. The molecule has 2 N–H and O–H groups in total. The number of carbonyl (C=O) groups excluding carboxylic acids is 1. The van der Waals surface area contributed by atoms with Crippen LogP contribution in [0.1, 0.15) is 37.6 Å². The van der Waals surface area contributed by atoms with E-state index in [0.717, 1.165) is 11.3 Å². The second-order valence-corrected chi connectivity index (χ2v) is 3.44. The van der Waals surface area contributed by atoms with E-state index in [1.165, 1.54) is 0 Å². The first-order valence-corrected chi connectivity index (χ1v) is 4.85. The molecule has 1 unspecified atom stereocenters. The number of ketones is 1.